The van der Waals surface area contributed by atoms with Crippen LogP contribution in [0.2, 0.25) is 0 Å². The number of aromatic nitrogens is 4. The number of hydrogen-bond donors (Lipinski definition) is 2. The van der Waals surface area contributed by atoms with Gasteiger partial charge >= 0.3 is 12.0 Å². The summed E-state index contributed by atoms with van der Waals surface area (Å²) < 4.78 is 25.1. The summed E-state index contributed by atoms with van der Waals surface area (Å²) in [5.74, 6) is 0.148. The van der Waals surface area contributed by atoms with E-state index in [1.54, 1.807) is 24.5 Å². The number of rotatable bonds is 7. The summed E-state index contributed by atoms with van der Waals surface area (Å²) in [5.41, 5.74) is 3.88. The Morgan fingerprint density at radius 3 is 2.22 bits per heavy atom. The summed E-state index contributed by atoms with van der Waals surface area (Å²) in [7, 11) is 4.60. The maximum absolute atomic E-state index is 14.5. The Balaban J connectivity index is 1.24. The predicted molar refractivity (Wildman–Crippen MR) is 173 cm³/mol. The number of carbonyl (C=O) groups excluding carboxylic acids is 2. The summed E-state index contributed by atoms with van der Waals surface area (Å²) in [6.07, 6.45) is 3.41. The molecule has 6 rings (SSSR count). The zero-order valence-electron chi connectivity index (χ0n) is 25.5. The fourth-order valence-corrected chi connectivity index (χ4v) is 5.01. The normalized spacial score (nSPS) is 12.9. The molecule has 3 heterocycles. The van der Waals surface area contributed by atoms with Gasteiger partial charge in [-0.25, -0.2) is 29.1 Å². The number of nitrogens with one attached hydrogen (secondary N) is 2. The largest absolute Gasteiger partial charge is 0.467 e. The van der Waals surface area contributed by atoms with Crippen molar-refractivity contribution in [2.24, 2.45) is 0 Å². The molecule has 0 atom stereocenters. The highest BCUT2D eigenvalue weighted by atomic mass is 19.1. The van der Waals surface area contributed by atoms with Crippen molar-refractivity contribution in [2.75, 3.05) is 63.0 Å². The number of fused-ring (bicyclic) bond motifs is 1. The number of benzene rings is 3. The van der Waals surface area contributed by atoms with Crippen LogP contribution in [0.15, 0.2) is 73.1 Å². The first kappa shape index (κ1) is 30.3. The van der Waals surface area contributed by atoms with Crippen molar-refractivity contribution in [3.8, 4) is 28.5 Å². The number of carbonyl (C=O) groups is 2. The highest BCUT2D eigenvalue weighted by Crippen LogP contribution is 2.32. The van der Waals surface area contributed by atoms with Crippen LogP contribution in [0, 0.1) is 5.82 Å². The lowest BCUT2D eigenvalue weighted by atomic mass is 10.1. The number of nitrogens with zero attached hydrogens (tertiary/aromatic N) is 6. The number of anilines is 3. The van der Waals surface area contributed by atoms with E-state index < -0.39 is 17.8 Å². The SMILES string of the molecule is COc1ncc(-c2ccc3c(N4CCOCC4)nc(-c4ccc(NC(=O)Nc5ccc(C(=O)N(C)C)c(F)c5)cc4)nc3c2)cn1. The van der Waals surface area contributed by atoms with E-state index in [-0.39, 0.29) is 11.3 Å². The first-order valence-electron chi connectivity index (χ1n) is 14.5. The first-order valence-corrected chi connectivity index (χ1v) is 14.5. The smallest absolute Gasteiger partial charge is 0.323 e. The topological polar surface area (TPSA) is 135 Å². The molecule has 5 aromatic rings. The molecule has 0 aliphatic carbocycles. The molecular weight excluding hydrogens is 591 g/mol. The number of morpholine rings is 1. The molecule has 2 aromatic heterocycles. The lowest BCUT2D eigenvalue weighted by molar-refractivity contribution is 0.0823. The third-order valence-corrected chi connectivity index (χ3v) is 7.40. The zero-order chi connectivity index (χ0) is 32.2. The fourth-order valence-electron chi connectivity index (χ4n) is 5.01. The lowest BCUT2D eigenvalue weighted by Crippen LogP contribution is -2.37. The second-order valence-electron chi connectivity index (χ2n) is 10.7. The molecule has 3 amide bonds. The third kappa shape index (κ3) is 6.54. The number of urea groups is 1. The van der Waals surface area contributed by atoms with E-state index in [4.69, 9.17) is 19.4 Å². The van der Waals surface area contributed by atoms with Crippen LogP contribution in [0.3, 0.4) is 0 Å². The molecule has 1 aliphatic rings. The van der Waals surface area contributed by atoms with Crippen LogP contribution in [0.4, 0.5) is 26.4 Å². The van der Waals surface area contributed by atoms with Crippen LogP contribution >= 0.6 is 0 Å². The van der Waals surface area contributed by atoms with Crippen LogP contribution in [-0.4, -0.2) is 84.3 Å². The van der Waals surface area contributed by atoms with Crippen molar-refractivity contribution >= 4 is 40.0 Å². The minimum absolute atomic E-state index is 0.0785. The van der Waals surface area contributed by atoms with E-state index in [0.717, 1.165) is 39.5 Å². The van der Waals surface area contributed by atoms with E-state index >= 15 is 0 Å². The summed E-state index contributed by atoms with van der Waals surface area (Å²) in [6.45, 7) is 2.62. The number of methoxy groups -OCH3 is 1. The summed E-state index contributed by atoms with van der Waals surface area (Å²) in [5, 5.41) is 6.24. The molecule has 0 spiro atoms. The fraction of sp³-hybridized carbons (Fsp3) is 0.212. The molecule has 234 valence electrons. The number of ether oxygens (including phenoxy) is 2. The second kappa shape index (κ2) is 13.1. The summed E-state index contributed by atoms with van der Waals surface area (Å²) in [4.78, 5) is 46.5. The van der Waals surface area contributed by atoms with Gasteiger partial charge in [0.2, 0.25) is 0 Å². The van der Waals surface area contributed by atoms with Crippen LogP contribution in [0.25, 0.3) is 33.4 Å². The Bertz CT molecular complexity index is 1900. The van der Waals surface area contributed by atoms with Gasteiger partial charge < -0.3 is 29.9 Å². The minimum atomic E-state index is -0.725. The van der Waals surface area contributed by atoms with Gasteiger partial charge in [-0.1, -0.05) is 6.07 Å². The van der Waals surface area contributed by atoms with Gasteiger partial charge in [-0.05, 0) is 60.2 Å². The molecule has 0 bridgehead atoms. The van der Waals surface area contributed by atoms with Gasteiger partial charge in [0, 0.05) is 67.5 Å². The van der Waals surface area contributed by atoms with Crippen LogP contribution in [0.1, 0.15) is 10.4 Å². The van der Waals surface area contributed by atoms with Crippen molar-refractivity contribution in [2.45, 2.75) is 0 Å². The average molecular weight is 623 g/mol. The number of halogens is 1. The minimum Gasteiger partial charge on any atom is -0.467 e. The lowest BCUT2D eigenvalue weighted by Gasteiger charge is -2.29. The molecule has 1 aliphatic heterocycles. The van der Waals surface area contributed by atoms with Crippen LogP contribution in [-0.2, 0) is 4.74 Å². The first-order chi connectivity index (χ1) is 22.3. The van der Waals surface area contributed by atoms with Crippen molar-refractivity contribution in [1.82, 2.24) is 24.8 Å². The van der Waals surface area contributed by atoms with Gasteiger partial charge in [-0.3, -0.25) is 4.79 Å². The zero-order valence-corrected chi connectivity index (χ0v) is 25.5. The molecule has 12 nitrogen and oxygen atoms in total. The molecule has 2 N–H and O–H groups in total. The standard InChI is InChI=1S/C33H31FN8O4/c1-41(2)31(43)25-11-9-24(17-27(25)34)38-32(44)37-23-7-4-20(5-8-23)29-39-28-16-21(22-18-35-33(45-3)36-19-22)6-10-26(28)30(40-29)42-12-14-46-15-13-42/h4-11,16-19H,12-15H2,1-3H3,(H2,37,38,44). The van der Waals surface area contributed by atoms with E-state index in [0.29, 0.717) is 43.8 Å². The van der Waals surface area contributed by atoms with Gasteiger partial charge in [0.25, 0.3) is 5.91 Å². The highest BCUT2D eigenvalue weighted by molar-refractivity contribution is 6.01. The van der Waals surface area contributed by atoms with Gasteiger partial charge in [-0.15, -0.1) is 0 Å². The second-order valence-corrected chi connectivity index (χ2v) is 10.7. The molecule has 0 saturated carbocycles. The molecule has 46 heavy (non-hydrogen) atoms. The molecule has 3 aromatic carbocycles. The van der Waals surface area contributed by atoms with E-state index in [1.807, 2.05) is 30.3 Å². The Hall–Kier alpha value is -5.69. The van der Waals surface area contributed by atoms with E-state index in [9.17, 15) is 14.0 Å². The van der Waals surface area contributed by atoms with Crippen molar-refractivity contribution < 1.29 is 23.5 Å². The predicted octanol–water partition coefficient (Wildman–Crippen LogP) is 5.08. The van der Waals surface area contributed by atoms with Gasteiger partial charge in [-0.2, -0.15) is 0 Å². The monoisotopic (exact) mass is 622 g/mol. The van der Waals surface area contributed by atoms with Crippen LogP contribution in [0.5, 0.6) is 6.01 Å². The molecule has 1 fully saturated rings. The highest BCUT2D eigenvalue weighted by Gasteiger charge is 2.19. The van der Waals surface area contributed by atoms with Gasteiger partial charge in [0.05, 0.1) is 31.4 Å². The Kier molecular flexibility index (Phi) is 8.65. The maximum Gasteiger partial charge on any atom is 0.323 e. The summed E-state index contributed by atoms with van der Waals surface area (Å²) >= 11 is 0. The van der Waals surface area contributed by atoms with Gasteiger partial charge in [0.1, 0.15) is 11.6 Å². The molecular formula is C33H31FN8O4. The molecule has 1 saturated heterocycles. The number of amides is 3. The Morgan fingerprint density at radius 2 is 1.54 bits per heavy atom. The number of hydrogen-bond acceptors (Lipinski definition) is 9. The van der Waals surface area contributed by atoms with Crippen LogP contribution < -0.4 is 20.3 Å². The molecule has 0 radical (unpaired) electrons. The Morgan fingerprint density at radius 1 is 0.870 bits per heavy atom. The molecule has 0 unspecified atom stereocenters. The summed E-state index contributed by atoms with van der Waals surface area (Å²) in [6, 6.07) is 16.8. The third-order valence-electron chi connectivity index (χ3n) is 7.40. The van der Waals surface area contributed by atoms with Crippen molar-refractivity contribution in [1.29, 1.82) is 0 Å². The van der Waals surface area contributed by atoms with E-state index in [2.05, 4.69) is 25.5 Å². The van der Waals surface area contributed by atoms with E-state index in [1.165, 1.54) is 38.2 Å². The quantitative estimate of drug-likeness (QED) is 0.255. The van der Waals surface area contributed by atoms with Crippen molar-refractivity contribution in [3.63, 3.8) is 0 Å². The maximum atomic E-state index is 14.5. The average Bonchev–Trinajstić information content (AvgIpc) is 3.08. The molecule has 13 heteroatoms. The van der Waals surface area contributed by atoms with Crippen molar-refractivity contribution in [3.05, 3.63) is 84.4 Å². The Labute approximate surface area is 264 Å². The van der Waals surface area contributed by atoms with Gasteiger partial charge in [0.15, 0.2) is 5.82 Å².